The molecule has 5 heteroatoms. The lowest BCUT2D eigenvalue weighted by molar-refractivity contribution is 0.177. The number of rotatable bonds is 4. The van der Waals surface area contributed by atoms with Crippen molar-refractivity contribution in [2.75, 3.05) is 19.0 Å². The molecule has 14 heavy (non-hydrogen) atoms. The van der Waals surface area contributed by atoms with Gasteiger partial charge in [-0.2, -0.15) is 0 Å². The van der Waals surface area contributed by atoms with Gasteiger partial charge in [0.1, 0.15) is 12.4 Å². The molecule has 0 aliphatic carbocycles. The zero-order valence-electron chi connectivity index (χ0n) is 8.59. The molecule has 1 N–H and O–H groups in total. The Hall–Kier alpha value is -0.680. The number of methoxy groups -OCH3 is 1. The maximum atomic E-state index is 4.99. The Morgan fingerprint density at radius 1 is 1.43 bits per heavy atom. The highest BCUT2D eigenvalue weighted by Gasteiger charge is 2.07. The molecule has 1 aromatic rings. The van der Waals surface area contributed by atoms with Crippen molar-refractivity contribution < 1.29 is 4.74 Å². The number of ether oxygens (including phenoxy) is 1. The number of aromatic nitrogens is 2. The molecule has 0 fully saturated rings. The molecule has 0 saturated heterocycles. The van der Waals surface area contributed by atoms with Gasteiger partial charge in [0.2, 0.25) is 0 Å². The first kappa shape index (κ1) is 11.4. The molecule has 1 rings (SSSR count). The predicted octanol–water partition coefficient (Wildman–Crippen LogP) is 2.13. The van der Waals surface area contributed by atoms with Gasteiger partial charge in [0.15, 0.2) is 5.82 Å². The van der Waals surface area contributed by atoms with Crippen LogP contribution in [0.1, 0.15) is 18.4 Å². The van der Waals surface area contributed by atoms with Gasteiger partial charge in [0, 0.05) is 13.7 Å². The van der Waals surface area contributed by atoms with Gasteiger partial charge >= 0.3 is 0 Å². The van der Waals surface area contributed by atoms with Crippen LogP contribution in [0.2, 0.25) is 0 Å². The Morgan fingerprint density at radius 3 is 2.71 bits per heavy atom. The van der Waals surface area contributed by atoms with Crippen LogP contribution in [0.3, 0.4) is 0 Å². The number of hydrogen-bond acceptors (Lipinski definition) is 4. The van der Waals surface area contributed by atoms with Gasteiger partial charge in [-0.05, 0) is 29.8 Å². The van der Waals surface area contributed by atoms with Crippen molar-refractivity contribution in [3.63, 3.8) is 0 Å². The zero-order valence-corrected chi connectivity index (χ0v) is 10.2. The van der Waals surface area contributed by atoms with E-state index in [-0.39, 0.29) is 0 Å². The van der Waals surface area contributed by atoms with Gasteiger partial charge in [0.25, 0.3) is 0 Å². The molecule has 0 unspecified atom stereocenters. The molecule has 0 bridgehead atoms. The van der Waals surface area contributed by atoms with Crippen molar-refractivity contribution in [2.24, 2.45) is 0 Å². The standard InChI is InChI=1S/C9H14BrN3O/c1-4-11-9-8(10)6(2)12-7(13-9)5-14-3/h4-5H2,1-3H3,(H,11,12,13). The van der Waals surface area contributed by atoms with Crippen LogP contribution in [-0.4, -0.2) is 23.6 Å². The monoisotopic (exact) mass is 259 g/mol. The summed E-state index contributed by atoms with van der Waals surface area (Å²) in [6.07, 6.45) is 0. The van der Waals surface area contributed by atoms with Gasteiger partial charge < -0.3 is 10.1 Å². The molecule has 0 saturated carbocycles. The summed E-state index contributed by atoms with van der Waals surface area (Å²) in [5.41, 5.74) is 0.919. The van der Waals surface area contributed by atoms with E-state index in [0.29, 0.717) is 12.4 Å². The van der Waals surface area contributed by atoms with Crippen LogP contribution >= 0.6 is 15.9 Å². The van der Waals surface area contributed by atoms with E-state index in [0.717, 1.165) is 22.5 Å². The van der Waals surface area contributed by atoms with E-state index in [4.69, 9.17) is 4.74 Å². The fourth-order valence-electron chi connectivity index (χ4n) is 1.10. The molecule has 0 amide bonds. The molecular weight excluding hydrogens is 246 g/mol. The molecule has 0 aromatic carbocycles. The van der Waals surface area contributed by atoms with E-state index in [2.05, 4.69) is 31.2 Å². The third kappa shape index (κ3) is 2.65. The molecule has 0 aliphatic heterocycles. The van der Waals surface area contributed by atoms with Gasteiger partial charge in [-0.1, -0.05) is 0 Å². The minimum Gasteiger partial charge on any atom is -0.377 e. The predicted molar refractivity (Wildman–Crippen MR) is 59.3 cm³/mol. The van der Waals surface area contributed by atoms with Crippen LogP contribution < -0.4 is 5.32 Å². The maximum absolute atomic E-state index is 4.99. The Bertz CT molecular complexity index is 317. The minimum atomic E-state index is 0.437. The van der Waals surface area contributed by atoms with Crippen molar-refractivity contribution >= 4 is 21.7 Å². The van der Waals surface area contributed by atoms with Crippen molar-refractivity contribution in [2.45, 2.75) is 20.5 Å². The van der Waals surface area contributed by atoms with Gasteiger partial charge in [0.05, 0.1) is 10.2 Å². The van der Waals surface area contributed by atoms with Gasteiger partial charge in [-0.3, -0.25) is 0 Å². The smallest absolute Gasteiger partial charge is 0.156 e. The summed E-state index contributed by atoms with van der Waals surface area (Å²) in [6.45, 7) is 5.24. The maximum Gasteiger partial charge on any atom is 0.156 e. The third-order valence-corrected chi connectivity index (χ3v) is 2.63. The molecule has 1 heterocycles. The molecular formula is C9H14BrN3O. The van der Waals surface area contributed by atoms with E-state index < -0.39 is 0 Å². The topological polar surface area (TPSA) is 47.0 Å². The van der Waals surface area contributed by atoms with Crippen molar-refractivity contribution in [1.29, 1.82) is 0 Å². The number of anilines is 1. The number of hydrogen-bond donors (Lipinski definition) is 1. The van der Waals surface area contributed by atoms with E-state index in [9.17, 15) is 0 Å². The van der Waals surface area contributed by atoms with E-state index >= 15 is 0 Å². The molecule has 78 valence electrons. The van der Waals surface area contributed by atoms with Crippen LogP contribution in [0.25, 0.3) is 0 Å². The Kier molecular flexibility index (Phi) is 4.28. The van der Waals surface area contributed by atoms with Crippen LogP contribution in [0, 0.1) is 6.92 Å². The lowest BCUT2D eigenvalue weighted by Crippen LogP contribution is -2.07. The number of aryl methyl sites for hydroxylation is 1. The first-order valence-corrected chi connectivity index (χ1v) is 5.24. The summed E-state index contributed by atoms with van der Waals surface area (Å²) in [5.74, 6) is 1.52. The molecule has 1 aromatic heterocycles. The summed E-state index contributed by atoms with van der Waals surface area (Å²) >= 11 is 3.44. The van der Waals surface area contributed by atoms with Crippen LogP contribution in [0.4, 0.5) is 5.82 Å². The summed E-state index contributed by atoms with van der Waals surface area (Å²) in [7, 11) is 1.63. The first-order valence-electron chi connectivity index (χ1n) is 4.44. The van der Waals surface area contributed by atoms with Crippen molar-refractivity contribution in [1.82, 2.24) is 9.97 Å². The fraction of sp³-hybridized carbons (Fsp3) is 0.556. The number of nitrogens with zero attached hydrogens (tertiary/aromatic N) is 2. The van der Waals surface area contributed by atoms with Crippen LogP contribution in [0.5, 0.6) is 0 Å². The Labute approximate surface area is 92.2 Å². The highest BCUT2D eigenvalue weighted by Crippen LogP contribution is 2.22. The first-order chi connectivity index (χ1) is 6.69. The SMILES string of the molecule is CCNc1nc(COC)nc(C)c1Br. The molecule has 0 radical (unpaired) electrons. The molecule has 0 aliphatic rings. The fourth-order valence-corrected chi connectivity index (χ4v) is 1.41. The van der Waals surface area contributed by atoms with Crippen molar-refractivity contribution in [3.05, 3.63) is 16.0 Å². The highest BCUT2D eigenvalue weighted by atomic mass is 79.9. The van der Waals surface area contributed by atoms with E-state index in [1.54, 1.807) is 7.11 Å². The average Bonchev–Trinajstić information content (AvgIpc) is 2.14. The van der Waals surface area contributed by atoms with E-state index in [1.165, 1.54) is 0 Å². The number of halogens is 1. The molecule has 0 atom stereocenters. The number of nitrogens with one attached hydrogen (secondary N) is 1. The third-order valence-electron chi connectivity index (χ3n) is 1.68. The highest BCUT2D eigenvalue weighted by molar-refractivity contribution is 9.10. The summed E-state index contributed by atoms with van der Waals surface area (Å²) in [5, 5.41) is 3.16. The summed E-state index contributed by atoms with van der Waals surface area (Å²) in [6, 6.07) is 0. The largest absolute Gasteiger partial charge is 0.377 e. The van der Waals surface area contributed by atoms with E-state index in [1.807, 2.05) is 13.8 Å². The summed E-state index contributed by atoms with van der Waals surface area (Å²) in [4.78, 5) is 8.60. The van der Waals surface area contributed by atoms with Crippen LogP contribution in [0.15, 0.2) is 4.47 Å². The molecule has 0 spiro atoms. The normalized spacial score (nSPS) is 10.3. The Morgan fingerprint density at radius 2 is 2.14 bits per heavy atom. The lowest BCUT2D eigenvalue weighted by atomic mass is 10.4. The average molecular weight is 260 g/mol. The minimum absolute atomic E-state index is 0.437. The zero-order chi connectivity index (χ0) is 10.6. The molecule has 4 nitrogen and oxygen atoms in total. The van der Waals surface area contributed by atoms with Crippen LogP contribution in [-0.2, 0) is 11.3 Å². The van der Waals surface area contributed by atoms with Crippen molar-refractivity contribution in [3.8, 4) is 0 Å². The lowest BCUT2D eigenvalue weighted by Gasteiger charge is -2.09. The summed E-state index contributed by atoms with van der Waals surface area (Å²) < 4.78 is 5.90. The second-order valence-electron chi connectivity index (χ2n) is 2.85. The van der Waals surface area contributed by atoms with Gasteiger partial charge in [-0.15, -0.1) is 0 Å². The second-order valence-corrected chi connectivity index (χ2v) is 3.64. The Balaban J connectivity index is 3.01. The van der Waals surface area contributed by atoms with Gasteiger partial charge in [-0.25, -0.2) is 9.97 Å². The quantitative estimate of drug-likeness (QED) is 0.900. The second kappa shape index (κ2) is 5.26.